The quantitative estimate of drug-likeness (QED) is 0.745. The van der Waals surface area contributed by atoms with E-state index >= 15 is 0 Å². The highest BCUT2D eigenvalue weighted by atomic mass is 15.2. The van der Waals surface area contributed by atoms with Crippen molar-refractivity contribution in [2.24, 2.45) is 11.7 Å². The molecule has 0 aromatic heterocycles. The zero-order valence-corrected chi connectivity index (χ0v) is 9.58. The maximum Gasteiger partial charge on any atom is 0.0250 e. The van der Waals surface area contributed by atoms with Crippen molar-refractivity contribution in [3.8, 4) is 0 Å². The van der Waals surface area contributed by atoms with Crippen molar-refractivity contribution in [3.63, 3.8) is 0 Å². The molecule has 0 heterocycles. The maximum atomic E-state index is 6.18. The van der Waals surface area contributed by atoms with Crippen molar-refractivity contribution in [3.05, 3.63) is 0 Å². The van der Waals surface area contributed by atoms with Gasteiger partial charge in [0.1, 0.15) is 0 Å². The monoisotopic (exact) mass is 196 g/mol. The Morgan fingerprint density at radius 3 is 2.36 bits per heavy atom. The number of nitrogens with zero attached hydrogens (tertiary/aromatic N) is 1. The van der Waals surface area contributed by atoms with E-state index in [1.165, 1.54) is 38.6 Å². The standard InChI is InChI=1S/C12H24N2/c1-9(2)8-14(10-6-7-10)12-5-3-4-11(12)13/h9-12H,3-8,13H2,1-2H3. The Balaban J connectivity index is 1.94. The summed E-state index contributed by atoms with van der Waals surface area (Å²) in [5, 5.41) is 0. The van der Waals surface area contributed by atoms with Crippen LogP contribution in [0.1, 0.15) is 46.0 Å². The van der Waals surface area contributed by atoms with Gasteiger partial charge in [-0.05, 0) is 31.6 Å². The van der Waals surface area contributed by atoms with E-state index in [9.17, 15) is 0 Å². The molecule has 2 rings (SSSR count). The molecule has 0 aromatic carbocycles. The lowest BCUT2D eigenvalue weighted by atomic mass is 10.1. The summed E-state index contributed by atoms with van der Waals surface area (Å²) >= 11 is 0. The molecule has 0 bridgehead atoms. The van der Waals surface area contributed by atoms with Crippen LogP contribution in [0, 0.1) is 5.92 Å². The molecule has 2 aliphatic carbocycles. The number of nitrogens with two attached hydrogens (primary N) is 1. The molecule has 2 saturated carbocycles. The fourth-order valence-electron chi connectivity index (χ4n) is 2.76. The van der Waals surface area contributed by atoms with Gasteiger partial charge in [0.2, 0.25) is 0 Å². The average molecular weight is 196 g/mol. The summed E-state index contributed by atoms with van der Waals surface area (Å²) in [5.74, 6) is 0.781. The molecule has 0 radical (unpaired) electrons. The van der Waals surface area contributed by atoms with Gasteiger partial charge < -0.3 is 5.73 Å². The van der Waals surface area contributed by atoms with E-state index in [-0.39, 0.29) is 0 Å². The first-order chi connectivity index (χ1) is 6.68. The molecule has 2 unspecified atom stereocenters. The Morgan fingerprint density at radius 2 is 1.93 bits per heavy atom. The molecule has 2 atom stereocenters. The van der Waals surface area contributed by atoms with Crippen molar-refractivity contribution in [2.45, 2.75) is 64.1 Å². The van der Waals surface area contributed by atoms with Gasteiger partial charge in [0, 0.05) is 24.7 Å². The summed E-state index contributed by atoms with van der Waals surface area (Å²) in [5.41, 5.74) is 6.18. The molecular formula is C12H24N2. The second kappa shape index (κ2) is 4.19. The first-order valence-electron chi connectivity index (χ1n) is 6.20. The summed E-state index contributed by atoms with van der Waals surface area (Å²) in [4.78, 5) is 2.71. The Bertz CT molecular complexity index is 187. The summed E-state index contributed by atoms with van der Waals surface area (Å²) in [6, 6.07) is 2.03. The molecule has 0 aromatic rings. The molecular weight excluding hydrogens is 172 g/mol. The summed E-state index contributed by atoms with van der Waals surface area (Å²) in [6.45, 7) is 5.88. The Kier molecular flexibility index (Phi) is 3.13. The van der Waals surface area contributed by atoms with Crippen LogP contribution in [0.5, 0.6) is 0 Å². The van der Waals surface area contributed by atoms with Gasteiger partial charge in [-0.3, -0.25) is 4.90 Å². The van der Waals surface area contributed by atoms with Gasteiger partial charge in [-0.1, -0.05) is 20.3 Å². The van der Waals surface area contributed by atoms with Gasteiger partial charge in [0.25, 0.3) is 0 Å². The Hall–Kier alpha value is -0.0800. The minimum Gasteiger partial charge on any atom is -0.326 e. The van der Waals surface area contributed by atoms with Crippen LogP contribution in [0.4, 0.5) is 0 Å². The van der Waals surface area contributed by atoms with E-state index in [2.05, 4.69) is 18.7 Å². The lowest BCUT2D eigenvalue weighted by molar-refractivity contribution is 0.156. The highest BCUT2D eigenvalue weighted by Gasteiger charge is 2.38. The Morgan fingerprint density at radius 1 is 1.21 bits per heavy atom. The van der Waals surface area contributed by atoms with Crippen molar-refractivity contribution in [1.29, 1.82) is 0 Å². The van der Waals surface area contributed by atoms with Gasteiger partial charge in [-0.15, -0.1) is 0 Å². The van der Waals surface area contributed by atoms with Crippen LogP contribution < -0.4 is 5.73 Å². The molecule has 82 valence electrons. The molecule has 0 saturated heterocycles. The highest BCUT2D eigenvalue weighted by Crippen LogP contribution is 2.34. The van der Waals surface area contributed by atoms with Crippen LogP contribution in [-0.2, 0) is 0 Å². The minimum atomic E-state index is 0.453. The average Bonchev–Trinajstić information content (AvgIpc) is 2.86. The van der Waals surface area contributed by atoms with E-state index in [1.807, 2.05) is 0 Å². The van der Waals surface area contributed by atoms with E-state index < -0.39 is 0 Å². The molecule has 14 heavy (non-hydrogen) atoms. The van der Waals surface area contributed by atoms with Gasteiger partial charge in [-0.25, -0.2) is 0 Å². The highest BCUT2D eigenvalue weighted by molar-refractivity contribution is 4.95. The largest absolute Gasteiger partial charge is 0.326 e. The molecule has 2 nitrogen and oxygen atoms in total. The third-order valence-electron chi connectivity index (χ3n) is 3.55. The number of hydrogen-bond donors (Lipinski definition) is 1. The van der Waals surface area contributed by atoms with Gasteiger partial charge in [-0.2, -0.15) is 0 Å². The van der Waals surface area contributed by atoms with Crippen LogP contribution >= 0.6 is 0 Å². The van der Waals surface area contributed by atoms with Crippen LogP contribution in [0.25, 0.3) is 0 Å². The predicted molar refractivity (Wildman–Crippen MR) is 60.2 cm³/mol. The lowest BCUT2D eigenvalue weighted by Gasteiger charge is -2.33. The van der Waals surface area contributed by atoms with Gasteiger partial charge in [0.05, 0.1) is 0 Å². The van der Waals surface area contributed by atoms with Crippen LogP contribution in [0.2, 0.25) is 0 Å². The minimum absolute atomic E-state index is 0.453. The molecule has 0 aliphatic heterocycles. The van der Waals surface area contributed by atoms with E-state index in [1.54, 1.807) is 0 Å². The molecule has 2 fully saturated rings. The Labute approximate surface area is 87.8 Å². The zero-order valence-electron chi connectivity index (χ0n) is 9.58. The third-order valence-corrected chi connectivity index (χ3v) is 3.55. The second-order valence-electron chi connectivity index (χ2n) is 5.48. The maximum absolute atomic E-state index is 6.18. The second-order valence-corrected chi connectivity index (χ2v) is 5.48. The predicted octanol–water partition coefficient (Wildman–Crippen LogP) is 1.99. The van der Waals surface area contributed by atoms with Crippen molar-refractivity contribution in [1.82, 2.24) is 4.90 Å². The fourth-order valence-corrected chi connectivity index (χ4v) is 2.76. The van der Waals surface area contributed by atoms with Crippen LogP contribution in [0.3, 0.4) is 0 Å². The molecule has 2 N–H and O–H groups in total. The third kappa shape index (κ3) is 2.29. The molecule has 2 heteroatoms. The SMILES string of the molecule is CC(C)CN(C1CC1)C1CCCC1N. The van der Waals surface area contributed by atoms with E-state index in [0.717, 1.165) is 12.0 Å². The topological polar surface area (TPSA) is 29.3 Å². The summed E-state index contributed by atoms with van der Waals surface area (Å²) < 4.78 is 0. The van der Waals surface area contributed by atoms with Crippen LogP contribution in [-0.4, -0.2) is 29.6 Å². The van der Waals surface area contributed by atoms with Crippen molar-refractivity contribution >= 4 is 0 Å². The van der Waals surface area contributed by atoms with Gasteiger partial charge in [0.15, 0.2) is 0 Å². The fraction of sp³-hybridized carbons (Fsp3) is 1.00. The normalized spacial score (nSPS) is 33.2. The van der Waals surface area contributed by atoms with E-state index in [4.69, 9.17) is 5.73 Å². The van der Waals surface area contributed by atoms with Crippen LogP contribution in [0.15, 0.2) is 0 Å². The number of rotatable bonds is 4. The first-order valence-corrected chi connectivity index (χ1v) is 6.20. The molecule has 0 amide bonds. The summed E-state index contributed by atoms with van der Waals surface area (Å²) in [7, 11) is 0. The lowest BCUT2D eigenvalue weighted by Crippen LogP contribution is -2.47. The smallest absolute Gasteiger partial charge is 0.0250 e. The van der Waals surface area contributed by atoms with Crippen molar-refractivity contribution < 1.29 is 0 Å². The van der Waals surface area contributed by atoms with Gasteiger partial charge >= 0.3 is 0 Å². The number of hydrogen-bond acceptors (Lipinski definition) is 2. The molecule has 2 aliphatic rings. The summed E-state index contributed by atoms with van der Waals surface area (Å²) in [6.07, 6.45) is 6.75. The molecule has 0 spiro atoms. The van der Waals surface area contributed by atoms with E-state index in [0.29, 0.717) is 12.1 Å². The zero-order chi connectivity index (χ0) is 10.1. The van der Waals surface area contributed by atoms with Crippen molar-refractivity contribution in [2.75, 3.05) is 6.54 Å². The first kappa shape index (κ1) is 10.4.